The Balaban J connectivity index is 1.81. The van der Waals surface area contributed by atoms with Gasteiger partial charge in [0.05, 0.1) is 6.04 Å². The Morgan fingerprint density at radius 2 is 2.04 bits per heavy atom. The highest BCUT2D eigenvalue weighted by atomic mass is 19.1. The number of anilines is 2. The smallest absolute Gasteiger partial charge is 0.249 e. The van der Waals surface area contributed by atoms with Crippen LogP contribution in [0.1, 0.15) is 38.3 Å². The van der Waals surface area contributed by atoms with Crippen LogP contribution in [-0.4, -0.2) is 16.9 Å². The summed E-state index contributed by atoms with van der Waals surface area (Å²) < 4.78 is 14.0. The number of pyridine rings is 1. The molecule has 2 aromatic rings. The standard InChI is InChI=1S/C20H22FN3O2/c1-11-19(23-17-4-3-5-18(26)22-17)15-10-14(21)8-9-16(15)24(12(2)25)20(11)13-6-7-13/h3-5,8-11,13,19-20H,6-7H2,1-2H3,(H2,22,23,26)/t11-,19-,20-/m1/s1. The number of aromatic nitrogens is 1. The number of benzene rings is 1. The Bertz CT molecular complexity index is 906. The van der Waals surface area contributed by atoms with Crippen LogP contribution in [0.25, 0.3) is 0 Å². The molecule has 2 aliphatic rings. The van der Waals surface area contributed by atoms with Gasteiger partial charge < -0.3 is 15.2 Å². The van der Waals surface area contributed by atoms with E-state index in [1.807, 2.05) is 4.90 Å². The Labute approximate surface area is 151 Å². The lowest BCUT2D eigenvalue weighted by Crippen LogP contribution is -2.51. The summed E-state index contributed by atoms with van der Waals surface area (Å²) in [4.78, 5) is 28.6. The molecule has 4 rings (SSSR count). The van der Waals surface area contributed by atoms with Crippen molar-refractivity contribution in [3.05, 3.63) is 58.1 Å². The van der Waals surface area contributed by atoms with Crippen LogP contribution in [-0.2, 0) is 4.79 Å². The van der Waals surface area contributed by atoms with Crippen LogP contribution in [0.3, 0.4) is 0 Å². The average molecular weight is 355 g/mol. The van der Waals surface area contributed by atoms with Gasteiger partial charge in [-0.25, -0.2) is 4.39 Å². The van der Waals surface area contributed by atoms with E-state index in [1.54, 1.807) is 25.1 Å². The number of fused-ring (bicyclic) bond motifs is 1. The number of amides is 1. The van der Waals surface area contributed by atoms with E-state index in [-0.39, 0.29) is 35.3 Å². The molecule has 6 heteroatoms. The number of aromatic amines is 1. The summed E-state index contributed by atoms with van der Waals surface area (Å²) in [5, 5.41) is 3.37. The van der Waals surface area contributed by atoms with Crippen LogP contribution < -0.4 is 15.8 Å². The Morgan fingerprint density at radius 1 is 1.27 bits per heavy atom. The minimum Gasteiger partial charge on any atom is -0.364 e. The molecule has 0 saturated heterocycles. The van der Waals surface area contributed by atoms with Crippen LogP contribution >= 0.6 is 0 Å². The molecule has 1 fully saturated rings. The van der Waals surface area contributed by atoms with Crippen molar-refractivity contribution in [2.75, 3.05) is 10.2 Å². The number of hydrogen-bond donors (Lipinski definition) is 2. The molecule has 1 aliphatic carbocycles. The molecule has 0 radical (unpaired) electrons. The molecule has 136 valence electrons. The summed E-state index contributed by atoms with van der Waals surface area (Å²) in [6, 6.07) is 9.37. The first-order valence-corrected chi connectivity index (χ1v) is 9.01. The lowest BCUT2D eigenvalue weighted by Gasteiger charge is -2.45. The van der Waals surface area contributed by atoms with Gasteiger partial charge in [0.2, 0.25) is 11.5 Å². The van der Waals surface area contributed by atoms with E-state index in [2.05, 4.69) is 17.2 Å². The Hall–Kier alpha value is -2.63. The number of halogens is 1. The lowest BCUT2D eigenvalue weighted by molar-refractivity contribution is -0.117. The largest absolute Gasteiger partial charge is 0.364 e. The van der Waals surface area contributed by atoms with Crippen LogP contribution in [0, 0.1) is 17.7 Å². The summed E-state index contributed by atoms with van der Waals surface area (Å²) >= 11 is 0. The molecule has 0 unspecified atom stereocenters. The van der Waals surface area contributed by atoms with Crippen LogP contribution in [0.15, 0.2) is 41.2 Å². The molecule has 1 amide bonds. The molecule has 5 nitrogen and oxygen atoms in total. The van der Waals surface area contributed by atoms with Gasteiger partial charge in [0.1, 0.15) is 11.6 Å². The SMILES string of the molecule is CC(=O)N1c2ccc(F)cc2[C@H](Nc2cccc(=O)[nH]2)[C@@H](C)[C@@H]1C1CC1. The van der Waals surface area contributed by atoms with Crippen LogP contribution in [0.2, 0.25) is 0 Å². The Morgan fingerprint density at radius 3 is 2.69 bits per heavy atom. The highest BCUT2D eigenvalue weighted by Crippen LogP contribution is 2.49. The normalized spacial score (nSPS) is 24.9. The van der Waals surface area contributed by atoms with E-state index in [0.29, 0.717) is 11.7 Å². The molecular formula is C20H22FN3O2. The van der Waals surface area contributed by atoms with Gasteiger partial charge in [-0.05, 0) is 43.0 Å². The van der Waals surface area contributed by atoms with E-state index >= 15 is 0 Å². The number of hydrogen-bond acceptors (Lipinski definition) is 3. The van der Waals surface area contributed by atoms with Gasteiger partial charge in [-0.2, -0.15) is 0 Å². The van der Waals surface area contributed by atoms with E-state index in [1.165, 1.54) is 18.2 Å². The molecule has 1 saturated carbocycles. The van der Waals surface area contributed by atoms with Gasteiger partial charge in [-0.1, -0.05) is 13.0 Å². The van der Waals surface area contributed by atoms with Crippen molar-refractivity contribution in [1.29, 1.82) is 0 Å². The first-order valence-electron chi connectivity index (χ1n) is 9.01. The van der Waals surface area contributed by atoms with Crippen molar-refractivity contribution in [1.82, 2.24) is 4.98 Å². The third-order valence-electron chi connectivity index (χ3n) is 5.47. The van der Waals surface area contributed by atoms with Crippen molar-refractivity contribution in [3.8, 4) is 0 Å². The second-order valence-corrected chi connectivity index (χ2v) is 7.33. The fraction of sp³-hybridized carbons (Fsp3) is 0.400. The molecule has 0 bridgehead atoms. The van der Waals surface area contributed by atoms with Gasteiger partial charge >= 0.3 is 0 Å². The highest BCUT2D eigenvalue weighted by molar-refractivity contribution is 5.94. The van der Waals surface area contributed by atoms with Gasteiger partial charge in [0.15, 0.2) is 0 Å². The van der Waals surface area contributed by atoms with E-state index in [4.69, 9.17) is 0 Å². The maximum atomic E-state index is 14.0. The number of nitrogens with zero attached hydrogens (tertiary/aromatic N) is 1. The third kappa shape index (κ3) is 2.89. The predicted molar refractivity (Wildman–Crippen MR) is 98.7 cm³/mol. The maximum Gasteiger partial charge on any atom is 0.249 e. The minimum absolute atomic E-state index is 0.0202. The van der Waals surface area contributed by atoms with E-state index in [9.17, 15) is 14.0 Å². The topological polar surface area (TPSA) is 65.2 Å². The monoisotopic (exact) mass is 355 g/mol. The molecular weight excluding hydrogens is 333 g/mol. The van der Waals surface area contributed by atoms with E-state index in [0.717, 1.165) is 24.1 Å². The minimum atomic E-state index is -0.335. The third-order valence-corrected chi connectivity index (χ3v) is 5.47. The molecule has 2 heterocycles. The second-order valence-electron chi connectivity index (χ2n) is 7.33. The van der Waals surface area contributed by atoms with Crippen molar-refractivity contribution in [2.24, 2.45) is 11.8 Å². The van der Waals surface area contributed by atoms with Crippen molar-refractivity contribution >= 4 is 17.4 Å². The fourth-order valence-corrected chi connectivity index (χ4v) is 4.24. The highest BCUT2D eigenvalue weighted by Gasteiger charge is 2.47. The number of carbonyl (C=O) groups excluding carboxylic acids is 1. The average Bonchev–Trinajstić information content (AvgIpc) is 3.41. The molecule has 26 heavy (non-hydrogen) atoms. The molecule has 1 aromatic carbocycles. The zero-order valence-corrected chi connectivity index (χ0v) is 14.8. The van der Waals surface area contributed by atoms with Crippen molar-refractivity contribution < 1.29 is 9.18 Å². The molecule has 0 spiro atoms. The summed E-state index contributed by atoms with van der Waals surface area (Å²) in [6.07, 6.45) is 2.20. The number of rotatable bonds is 3. The number of nitrogens with one attached hydrogen (secondary N) is 2. The van der Waals surface area contributed by atoms with Gasteiger partial charge in [-0.3, -0.25) is 9.59 Å². The zero-order valence-electron chi connectivity index (χ0n) is 14.8. The summed E-state index contributed by atoms with van der Waals surface area (Å²) in [6.45, 7) is 3.66. The molecule has 2 N–H and O–H groups in total. The maximum absolute atomic E-state index is 14.0. The summed E-state index contributed by atoms with van der Waals surface area (Å²) in [5.74, 6) is 0.775. The molecule has 3 atom stereocenters. The first kappa shape index (κ1) is 16.8. The first-order chi connectivity index (χ1) is 12.5. The van der Waals surface area contributed by atoms with Gasteiger partial charge in [-0.15, -0.1) is 0 Å². The van der Waals surface area contributed by atoms with Gasteiger partial charge in [0.25, 0.3) is 0 Å². The summed E-state index contributed by atoms with van der Waals surface area (Å²) in [7, 11) is 0. The fourth-order valence-electron chi connectivity index (χ4n) is 4.24. The van der Waals surface area contributed by atoms with Crippen LogP contribution in [0.4, 0.5) is 15.9 Å². The quantitative estimate of drug-likeness (QED) is 0.886. The summed E-state index contributed by atoms with van der Waals surface area (Å²) in [5.41, 5.74) is 1.31. The molecule has 1 aliphatic heterocycles. The van der Waals surface area contributed by atoms with Crippen molar-refractivity contribution in [2.45, 2.75) is 38.8 Å². The Kier molecular flexibility index (Phi) is 4.05. The number of H-pyrrole nitrogens is 1. The second kappa shape index (κ2) is 6.27. The number of carbonyl (C=O) groups is 1. The zero-order chi connectivity index (χ0) is 18.4. The van der Waals surface area contributed by atoms with Crippen molar-refractivity contribution in [3.63, 3.8) is 0 Å². The lowest BCUT2D eigenvalue weighted by atomic mass is 9.80. The molecule has 1 aromatic heterocycles. The van der Waals surface area contributed by atoms with Gasteiger partial charge in [0, 0.05) is 36.2 Å². The van der Waals surface area contributed by atoms with E-state index < -0.39 is 0 Å². The predicted octanol–water partition coefficient (Wildman–Crippen LogP) is 3.45. The van der Waals surface area contributed by atoms with Crippen LogP contribution in [0.5, 0.6) is 0 Å².